The minimum atomic E-state index is 0. The SMILES string of the molecule is COc1ccc(NC(N)=NCc2nc(C)no2)cc1Cl.I. The first-order valence-corrected chi connectivity index (χ1v) is 6.16. The summed E-state index contributed by atoms with van der Waals surface area (Å²) in [6, 6.07) is 5.21. The van der Waals surface area contributed by atoms with Gasteiger partial charge in [0.1, 0.15) is 12.3 Å². The number of guanidine groups is 1. The molecule has 0 fully saturated rings. The number of hydrogen-bond acceptors (Lipinski definition) is 5. The van der Waals surface area contributed by atoms with Gasteiger partial charge < -0.3 is 20.3 Å². The molecule has 0 aliphatic heterocycles. The van der Waals surface area contributed by atoms with Crippen LogP contribution in [0.15, 0.2) is 27.7 Å². The van der Waals surface area contributed by atoms with E-state index in [1.807, 2.05) is 0 Å². The van der Waals surface area contributed by atoms with E-state index in [0.717, 1.165) is 0 Å². The highest BCUT2D eigenvalue weighted by atomic mass is 127. The number of aliphatic imine (C=N–C) groups is 1. The molecule has 21 heavy (non-hydrogen) atoms. The summed E-state index contributed by atoms with van der Waals surface area (Å²) in [6.07, 6.45) is 0. The number of nitrogens with zero attached hydrogens (tertiary/aromatic N) is 3. The number of rotatable bonds is 4. The lowest BCUT2D eigenvalue weighted by Crippen LogP contribution is -2.22. The van der Waals surface area contributed by atoms with Crippen LogP contribution in [0.25, 0.3) is 0 Å². The van der Waals surface area contributed by atoms with Crippen molar-refractivity contribution in [1.29, 1.82) is 0 Å². The van der Waals surface area contributed by atoms with Gasteiger partial charge >= 0.3 is 0 Å². The van der Waals surface area contributed by atoms with Gasteiger partial charge in [0.05, 0.1) is 12.1 Å². The molecular formula is C12H15ClIN5O2. The van der Waals surface area contributed by atoms with E-state index >= 15 is 0 Å². The third-order valence-corrected chi connectivity index (χ3v) is 2.67. The van der Waals surface area contributed by atoms with Crippen molar-refractivity contribution in [2.24, 2.45) is 10.7 Å². The van der Waals surface area contributed by atoms with Crippen molar-refractivity contribution in [3.05, 3.63) is 34.9 Å². The fourth-order valence-electron chi connectivity index (χ4n) is 1.49. The van der Waals surface area contributed by atoms with Gasteiger partial charge in [-0.3, -0.25) is 0 Å². The zero-order valence-corrected chi connectivity index (χ0v) is 14.5. The Morgan fingerprint density at radius 2 is 2.29 bits per heavy atom. The first-order chi connectivity index (χ1) is 9.58. The number of halogens is 2. The van der Waals surface area contributed by atoms with Gasteiger partial charge in [0.2, 0.25) is 5.89 Å². The summed E-state index contributed by atoms with van der Waals surface area (Å²) in [7, 11) is 1.55. The second-order valence-electron chi connectivity index (χ2n) is 3.91. The minimum absolute atomic E-state index is 0. The Hall–Kier alpha value is -1.55. The molecule has 2 rings (SSSR count). The molecule has 0 bridgehead atoms. The molecule has 7 nitrogen and oxygen atoms in total. The molecule has 1 aromatic carbocycles. The van der Waals surface area contributed by atoms with Crippen LogP contribution in [-0.2, 0) is 6.54 Å². The minimum Gasteiger partial charge on any atom is -0.495 e. The Kier molecular flexibility index (Phi) is 6.69. The summed E-state index contributed by atoms with van der Waals surface area (Å²) < 4.78 is 9.99. The Labute approximate surface area is 143 Å². The summed E-state index contributed by atoms with van der Waals surface area (Å²) in [5, 5.41) is 7.05. The van der Waals surface area contributed by atoms with Crippen LogP contribution in [0, 0.1) is 6.92 Å². The summed E-state index contributed by atoms with van der Waals surface area (Å²) in [6.45, 7) is 1.95. The number of methoxy groups -OCH3 is 1. The van der Waals surface area contributed by atoms with E-state index < -0.39 is 0 Å². The standard InChI is InChI=1S/C12H14ClN5O2.HI/c1-7-16-11(20-18-7)6-15-12(14)17-8-3-4-10(19-2)9(13)5-8;/h3-5H,6H2,1-2H3,(H3,14,15,17);1H. The van der Waals surface area contributed by atoms with Crippen LogP contribution in [0.1, 0.15) is 11.7 Å². The molecule has 0 saturated heterocycles. The molecule has 114 valence electrons. The monoisotopic (exact) mass is 423 g/mol. The van der Waals surface area contributed by atoms with Crippen molar-refractivity contribution in [2.45, 2.75) is 13.5 Å². The van der Waals surface area contributed by atoms with Gasteiger partial charge in [0, 0.05) is 5.69 Å². The van der Waals surface area contributed by atoms with Gasteiger partial charge in [-0.25, -0.2) is 4.99 Å². The van der Waals surface area contributed by atoms with E-state index in [2.05, 4.69) is 20.4 Å². The highest BCUT2D eigenvalue weighted by molar-refractivity contribution is 14.0. The number of nitrogens with one attached hydrogen (secondary N) is 1. The molecule has 0 atom stereocenters. The van der Waals surface area contributed by atoms with Crippen molar-refractivity contribution in [3.8, 4) is 5.75 Å². The van der Waals surface area contributed by atoms with E-state index in [4.69, 9.17) is 26.6 Å². The number of benzene rings is 1. The van der Waals surface area contributed by atoms with Crippen LogP contribution >= 0.6 is 35.6 Å². The molecule has 0 saturated carbocycles. The number of aromatic nitrogens is 2. The quantitative estimate of drug-likeness (QED) is 0.445. The molecule has 0 unspecified atom stereocenters. The smallest absolute Gasteiger partial charge is 0.248 e. The average Bonchev–Trinajstić information content (AvgIpc) is 2.82. The number of ether oxygens (including phenoxy) is 1. The maximum absolute atomic E-state index is 6.01. The van der Waals surface area contributed by atoms with E-state index in [1.165, 1.54) is 0 Å². The number of nitrogens with two attached hydrogens (primary N) is 1. The van der Waals surface area contributed by atoms with Crippen LogP contribution in [-0.4, -0.2) is 23.2 Å². The number of aryl methyl sites for hydroxylation is 1. The Morgan fingerprint density at radius 1 is 1.52 bits per heavy atom. The summed E-state index contributed by atoms with van der Waals surface area (Å²) in [4.78, 5) is 8.11. The normalized spacial score (nSPS) is 10.9. The van der Waals surface area contributed by atoms with Crippen molar-refractivity contribution >= 4 is 47.2 Å². The lowest BCUT2D eigenvalue weighted by Gasteiger charge is -2.08. The molecule has 0 amide bonds. The average molecular weight is 424 g/mol. The van der Waals surface area contributed by atoms with Crippen LogP contribution < -0.4 is 15.8 Å². The molecular weight excluding hydrogens is 409 g/mol. The molecule has 0 radical (unpaired) electrons. The highest BCUT2D eigenvalue weighted by Gasteiger charge is 2.04. The second-order valence-corrected chi connectivity index (χ2v) is 4.32. The third-order valence-electron chi connectivity index (χ3n) is 2.38. The van der Waals surface area contributed by atoms with Crippen LogP contribution in [0.5, 0.6) is 5.75 Å². The van der Waals surface area contributed by atoms with Crippen molar-refractivity contribution in [3.63, 3.8) is 0 Å². The van der Waals surface area contributed by atoms with Crippen molar-refractivity contribution in [1.82, 2.24) is 10.1 Å². The molecule has 2 aromatic rings. The molecule has 3 N–H and O–H groups in total. The van der Waals surface area contributed by atoms with E-state index in [9.17, 15) is 0 Å². The van der Waals surface area contributed by atoms with Crippen LogP contribution in [0.4, 0.5) is 5.69 Å². The zero-order chi connectivity index (χ0) is 14.5. The first-order valence-electron chi connectivity index (χ1n) is 5.78. The number of anilines is 1. The van der Waals surface area contributed by atoms with Gasteiger partial charge in [-0.05, 0) is 25.1 Å². The lowest BCUT2D eigenvalue weighted by atomic mass is 10.3. The maximum Gasteiger partial charge on any atom is 0.248 e. The maximum atomic E-state index is 6.01. The fourth-order valence-corrected chi connectivity index (χ4v) is 1.75. The summed E-state index contributed by atoms with van der Waals surface area (Å²) in [5.74, 6) is 1.78. The molecule has 0 spiro atoms. The highest BCUT2D eigenvalue weighted by Crippen LogP contribution is 2.26. The van der Waals surface area contributed by atoms with Crippen molar-refractivity contribution in [2.75, 3.05) is 12.4 Å². The molecule has 0 aliphatic rings. The predicted octanol–water partition coefficient (Wildman–Crippen LogP) is 2.58. The third kappa shape index (κ3) is 5.05. The Balaban J connectivity index is 0.00000220. The number of hydrogen-bond donors (Lipinski definition) is 2. The van der Waals surface area contributed by atoms with Gasteiger partial charge in [-0.2, -0.15) is 4.98 Å². The van der Waals surface area contributed by atoms with Gasteiger partial charge in [-0.15, -0.1) is 24.0 Å². The lowest BCUT2D eigenvalue weighted by molar-refractivity contribution is 0.376. The van der Waals surface area contributed by atoms with Gasteiger partial charge in [-0.1, -0.05) is 16.8 Å². The Bertz CT molecular complexity index is 632. The first kappa shape index (κ1) is 17.5. The van der Waals surface area contributed by atoms with Crippen LogP contribution in [0.2, 0.25) is 5.02 Å². The zero-order valence-electron chi connectivity index (χ0n) is 11.5. The fraction of sp³-hybridized carbons (Fsp3) is 0.250. The van der Waals surface area contributed by atoms with Crippen LogP contribution in [0.3, 0.4) is 0 Å². The van der Waals surface area contributed by atoms with E-state index in [1.54, 1.807) is 32.2 Å². The molecule has 0 aliphatic carbocycles. The second kappa shape index (κ2) is 8.03. The molecule has 1 aromatic heterocycles. The topological polar surface area (TPSA) is 98.6 Å². The summed E-state index contributed by atoms with van der Waals surface area (Å²) in [5.41, 5.74) is 6.46. The van der Waals surface area contributed by atoms with E-state index in [0.29, 0.717) is 28.2 Å². The largest absolute Gasteiger partial charge is 0.495 e. The summed E-state index contributed by atoms with van der Waals surface area (Å²) >= 11 is 6.01. The Morgan fingerprint density at radius 3 is 2.86 bits per heavy atom. The van der Waals surface area contributed by atoms with Gasteiger partial charge in [0.25, 0.3) is 0 Å². The predicted molar refractivity (Wildman–Crippen MR) is 91.4 cm³/mol. The molecule has 9 heteroatoms. The molecule has 1 heterocycles. The van der Waals surface area contributed by atoms with Crippen molar-refractivity contribution < 1.29 is 9.26 Å². The van der Waals surface area contributed by atoms with E-state index in [-0.39, 0.29) is 36.5 Å². The van der Waals surface area contributed by atoms with Gasteiger partial charge in [0.15, 0.2) is 11.8 Å².